The molecular formula is C22H33N3O2. The fourth-order valence-corrected chi connectivity index (χ4v) is 4.92. The molecule has 3 fully saturated rings. The maximum Gasteiger partial charge on any atom is 0.227 e. The lowest BCUT2D eigenvalue weighted by Crippen LogP contribution is -2.39. The average molecular weight is 372 g/mol. The minimum atomic E-state index is 0.0830. The molecule has 0 radical (unpaired) electrons. The number of ether oxygens (including phenoxy) is 1. The molecule has 4 rings (SSSR count). The first-order valence-electron chi connectivity index (χ1n) is 10.6. The van der Waals surface area contributed by atoms with E-state index in [1.807, 2.05) is 0 Å². The number of nitrogens with zero attached hydrogens (tertiary/aromatic N) is 2. The maximum atomic E-state index is 12.5. The van der Waals surface area contributed by atoms with Gasteiger partial charge in [0.15, 0.2) is 0 Å². The van der Waals surface area contributed by atoms with E-state index in [4.69, 9.17) is 4.74 Å². The third-order valence-electron chi connectivity index (χ3n) is 6.66. The molecule has 2 atom stereocenters. The molecular weight excluding hydrogens is 338 g/mol. The number of amides is 1. The van der Waals surface area contributed by atoms with Gasteiger partial charge in [-0.2, -0.15) is 0 Å². The Morgan fingerprint density at radius 1 is 1.15 bits per heavy atom. The Morgan fingerprint density at radius 3 is 2.67 bits per heavy atom. The molecule has 0 aliphatic carbocycles. The molecule has 0 unspecified atom stereocenters. The molecule has 1 N–H and O–H groups in total. The van der Waals surface area contributed by atoms with Crippen LogP contribution in [-0.2, 0) is 9.53 Å². The first kappa shape index (κ1) is 18.8. The van der Waals surface area contributed by atoms with E-state index in [9.17, 15) is 4.79 Å². The number of aryl methyl sites for hydroxylation is 1. The van der Waals surface area contributed by atoms with E-state index >= 15 is 0 Å². The normalized spacial score (nSPS) is 27.3. The van der Waals surface area contributed by atoms with Crippen LogP contribution in [0.4, 0.5) is 11.4 Å². The largest absolute Gasteiger partial charge is 0.381 e. The van der Waals surface area contributed by atoms with Crippen molar-refractivity contribution in [3.63, 3.8) is 0 Å². The molecule has 148 valence electrons. The Hall–Kier alpha value is -1.59. The van der Waals surface area contributed by atoms with E-state index in [1.54, 1.807) is 0 Å². The number of nitrogens with one attached hydrogen (secondary N) is 1. The molecule has 0 saturated carbocycles. The number of rotatable bonds is 4. The first-order valence-corrected chi connectivity index (χ1v) is 10.6. The molecule has 1 aromatic carbocycles. The Bertz CT molecular complexity index is 672. The topological polar surface area (TPSA) is 44.8 Å². The second kappa shape index (κ2) is 8.19. The second-order valence-corrected chi connectivity index (χ2v) is 8.49. The molecule has 27 heavy (non-hydrogen) atoms. The number of likely N-dealkylation sites (tertiary alicyclic amines) is 1. The third kappa shape index (κ3) is 4.14. The molecule has 5 heteroatoms. The van der Waals surface area contributed by atoms with Crippen molar-refractivity contribution in [2.75, 3.05) is 43.1 Å². The van der Waals surface area contributed by atoms with Crippen LogP contribution in [0.5, 0.6) is 0 Å². The predicted molar refractivity (Wildman–Crippen MR) is 109 cm³/mol. The lowest BCUT2D eigenvalue weighted by Gasteiger charge is -2.29. The van der Waals surface area contributed by atoms with Crippen LogP contribution in [0.1, 0.15) is 44.6 Å². The van der Waals surface area contributed by atoms with E-state index in [0.29, 0.717) is 19.3 Å². The van der Waals surface area contributed by atoms with Gasteiger partial charge in [-0.15, -0.1) is 0 Å². The van der Waals surface area contributed by atoms with Crippen molar-refractivity contribution in [1.82, 2.24) is 4.90 Å². The van der Waals surface area contributed by atoms with Crippen LogP contribution in [0.15, 0.2) is 18.2 Å². The van der Waals surface area contributed by atoms with Crippen LogP contribution in [0, 0.1) is 12.8 Å². The van der Waals surface area contributed by atoms with Crippen molar-refractivity contribution in [2.24, 2.45) is 5.92 Å². The highest BCUT2D eigenvalue weighted by Crippen LogP contribution is 2.30. The smallest absolute Gasteiger partial charge is 0.227 e. The summed E-state index contributed by atoms with van der Waals surface area (Å²) in [7, 11) is 0. The number of carbonyl (C=O) groups excluding carboxylic acids is 1. The van der Waals surface area contributed by atoms with E-state index < -0.39 is 0 Å². The minimum Gasteiger partial charge on any atom is -0.381 e. The van der Waals surface area contributed by atoms with Gasteiger partial charge in [-0.3, -0.25) is 9.69 Å². The van der Waals surface area contributed by atoms with Gasteiger partial charge in [0.05, 0.1) is 0 Å². The minimum absolute atomic E-state index is 0.0830. The maximum absolute atomic E-state index is 12.5. The molecule has 3 saturated heterocycles. The van der Waals surface area contributed by atoms with Crippen molar-refractivity contribution in [2.45, 2.75) is 58.0 Å². The Labute approximate surface area is 163 Å². The molecule has 5 nitrogen and oxygen atoms in total. The molecule has 1 amide bonds. The molecule has 0 aromatic heterocycles. The van der Waals surface area contributed by atoms with E-state index in [-0.39, 0.29) is 11.8 Å². The highest BCUT2D eigenvalue weighted by molar-refractivity contribution is 5.93. The first-order chi connectivity index (χ1) is 13.1. The van der Waals surface area contributed by atoms with Gasteiger partial charge in [0.2, 0.25) is 5.91 Å². The van der Waals surface area contributed by atoms with E-state index in [1.165, 1.54) is 31.5 Å². The summed E-state index contributed by atoms with van der Waals surface area (Å²) in [5.74, 6) is 0.220. The van der Waals surface area contributed by atoms with Gasteiger partial charge in [-0.05, 0) is 76.3 Å². The van der Waals surface area contributed by atoms with Crippen molar-refractivity contribution >= 4 is 17.3 Å². The molecule has 3 aliphatic rings. The van der Waals surface area contributed by atoms with Crippen molar-refractivity contribution in [1.29, 1.82) is 0 Å². The van der Waals surface area contributed by atoms with Gasteiger partial charge in [0.25, 0.3) is 0 Å². The van der Waals surface area contributed by atoms with Gasteiger partial charge in [-0.1, -0.05) is 0 Å². The summed E-state index contributed by atoms with van der Waals surface area (Å²) < 4.78 is 5.36. The quantitative estimate of drug-likeness (QED) is 0.881. The van der Waals surface area contributed by atoms with Crippen LogP contribution in [0.25, 0.3) is 0 Å². The summed E-state index contributed by atoms with van der Waals surface area (Å²) in [6, 6.07) is 7.90. The van der Waals surface area contributed by atoms with Crippen LogP contribution in [0.3, 0.4) is 0 Å². The summed E-state index contributed by atoms with van der Waals surface area (Å²) >= 11 is 0. The summed E-state index contributed by atoms with van der Waals surface area (Å²) in [5.41, 5.74) is 3.37. The van der Waals surface area contributed by atoms with Gasteiger partial charge < -0.3 is 15.0 Å². The van der Waals surface area contributed by atoms with E-state index in [0.717, 1.165) is 43.2 Å². The van der Waals surface area contributed by atoms with E-state index in [2.05, 4.69) is 47.2 Å². The standard InChI is InChI=1S/C22H33N3O2/c1-16-14-19(24-11-7-20(15-24)25-10-3-4-17(25)2)5-6-21(16)23-22(26)18-8-12-27-13-9-18/h5-6,14,17-18,20H,3-4,7-13,15H2,1-2H3,(H,23,26)/t17-,20-/m0/s1. The molecule has 3 heterocycles. The fraction of sp³-hybridized carbons (Fsp3) is 0.682. The highest BCUT2D eigenvalue weighted by atomic mass is 16.5. The summed E-state index contributed by atoms with van der Waals surface area (Å²) in [6.07, 6.45) is 5.60. The highest BCUT2D eigenvalue weighted by Gasteiger charge is 2.33. The number of anilines is 2. The number of benzene rings is 1. The summed E-state index contributed by atoms with van der Waals surface area (Å²) in [4.78, 5) is 17.7. The monoisotopic (exact) mass is 371 g/mol. The zero-order chi connectivity index (χ0) is 18.8. The SMILES string of the molecule is Cc1cc(N2CC[C@H](N3CCC[C@@H]3C)C2)ccc1NC(=O)C1CCOCC1. The van der Waals surface area contributed by atoms with Gasteiger partial charge in [0, 0.05) is 55.7 Å². The third-order valence-corrected chi connectivity index (χ3v) is 6.66. The summed E-state index contributed by atoms with van der Waals surface area (Å²) in [5, 5.41) is 3.14. The average Bonchev–Trinajstić information content (AvgIpc) is 3.33. The molecule has 1 aromatic rings. The van der Waals surface area contributed by atoms with Crippen molar-refractivity contribution in [3.8, 4) is 0 Å². The van der Waals surface area contributed by atoms with Crippen molar-refractivity contribution < 1.29 is 9.53 Å². The lowest BCUT2D eigenvalue weighted by molar-refractivity contribution is -0.122. The molecule has 3 aliphatic heterocycles. The Morgan fingerprint density at radius 2 is 1.96 bits per heavy atom. The molecule has 0 bridgehead atoms. The fourth-order valence-electron chi connectivity index (χ4n) is 4.92. The second-order valence-electron chi connectivity index (χ2n) is 8.49. The molecule has 0 spiro atoms. The Kier molecular flexibility index (Phi) is 5.69. The Balaban J connectivity index is 1.37. The van der Waals surface area contributed by atoms with Crippen LogP contribution >= 0.6 is 0 Å². The number of hydrogen-bond acceptors (Lipinski definition) is 4. The zero-order valence-corrected chi connectivity index (χ0v) is 16.7. The van der Waals surface area contributed by atoms with Crippen LogP contribution in [0.2, 0.25) is 0 Å². The summed E-state index contributed by atoms with van der Waals surface area (Å²) in [6.45, 7) is 9.37. The van der Waals surface area contributed by atoms with Gasteiger partial charge in [0.1, 0.15) is 0 Å². The van der Waals surface area contributed by atoms with Crippen LogP contribution < -0.4 is 10.2 Å². The van der Waals surface area contributed by atoms with Crippen LogP contribution in [-0.4, -0.2) is 55.7 Å². The lowest BCUT2D eigenvalue weighted by atomic mass is 9.99. The van der Waals surface area contributed by atoms with Gasteiger partial charge >= 0.3 is 0 Å². The van der Waals surface area contributed by atoms with Gasteiger partial charge in [-0.25, -0.2) is 0 Å². The zero-order valence-electron chi connectivity index (χ0n) is 16.7. The predicted octanol–water partition coefficient (Wildman–Crippen LogP) is 3.42. The van der Waals surface area contributed by atoms with Crippen molar-refractivity contribution in [3.05, 3.63) is 23.8 Å². The number of hydrogen-bond donors (Lipinski definition) is 1. The number of carbonyl (C=O) groups is 1.